The smallest absolute Gasteiger partial charge is 0.249 e. The van der Waals surface area contributed by atoms with Gasteiger partial charge in [-0.05, 0) is 50.5 Å². The highest BCUT2D eigenvalue weighted by Gasteiger charge is 2.80. The Morgan fingerprint density at radius 2 is 1.72 bits per heavy atom. The van der Waals surface area contributed by atoms with E-state index in [4.69, 9.17) is 4.74 Å². The molecule has 0 aromatic heterocycles. The van der Waals surface area contributed by atoms with E-state index in [-0.39, 0.29) is 42.2 Å². The normalized spacial score (nSPS) is 30.6. The van der Waals surface area contributed by atoms with E-state index in [2.05, 4.69) is 33.9 Å². The lowest BCUT2D eigenvalue weighted by molar-refractivity contribution is -0.160. The maximum atomic E-state index is 15.1. The highest BCUT2D eigenvalue weighted by molar-refractivity contribution is 5.99. The Labute approximate surface area is 257 Å². The van der Waals surface area contributed by atoms with Crippen LogP contribution in [0.15, 0.2) is 55.6 Å². The van der Waals surface area contributed by atoms with Gasteiger partial charge >= 0.3 is 0 Å². The zero-order valence-electron chi connectivity index (χ0n) is 27.3. The summed E-state index contributed by atoms with van der Waals surface area (Å²) >= 11 is 0. The second kappa shape index (κ2) is 11.5. The number of carbonyl (C=O) groups is 3. The molecule has 2 bridgehead atoms. The molecule has 3 saturated heterocycles. The van der Waals surface area contributed by atoms with Gasteiger partial charge in [-0.2, -0.15) is 0 Å². The molecule has 3 amide bonds. The molecule has 236 valence electrons. The number of benzene rings is 1. The Morgan fingerprint density at radius 1 is 1.12 bits per heavy atom. The molecule has 7 atom stereocenters. The van der Waals surface area contributed by atoms with E-state index in [0.29, 0.717) is 19.4 Å². The van der Waals surface area contributed by atoms with Crippen molar-refractivity contribution in [2.75, 3.05) is 26.7 Å². The van der Waals surface area contributed by atoms with E-state index in [9.17, 15) is 14.7 Å². The maximum absolute atomic E-state index is 15.1. The number of aliphatic hydroxyl groups excluding tert-OH is 1. The summed E-state index contributed by atoms with van der Waals surface area (Å²) in [5.41, 5.74) is -2.10. The van der Waals surface area contributed by atoms with Crippen LogP contribution in [0.25, 0.3) is 0 Å². The fourth-order valence-corrected chi connectivity index (χ4v) is 8.52. The van der Waals surface area contributed by atoms with Gasteiger partial charge in [-0.25, -0.2) is 0 Å². The largest absolute Gasteiger partial charge is 0.394 e. The van der Waals surface area contributed by atoms with Gasteiger partial charge < -0.3 is 24.5 Å². The molecule has 4 rings (SSSR count). The van der Waals surface area contributed by atoms with Crippen molar-refractivity contribution in [3.05, 3.63) is 61.2 Å². The molecule has 8 nitrogen and oxygen atoms in total. The summed E-state index contributed by atoms with van der Waals surface area (Å²) in [4.78, 5) is 49.0. The Hall–Kier alpha value is -2.97. The Bertz CT molecular complexity index is 1260. The SMILES string of the molecule is C=CCN(C)C(=O)[C@H]1[C@H]2C(=O)N([C@H](CO)c3ccccc3)C(C(=O)N(CC=C)C(C)(C)CC(C)(C)C)C23CC(C)[C@]1(C)O3. The summed E-state index contributed by atoms with van der Waals surface area (Å²) in [6.45, 7) is 22.5. The predicted molar refractivity (Wildman–Crippen MR) is 168 cm³/mol. The van der Waals surface area contributed by atoms with Gasteiger partial charge in [0.1, 0.15) is 11.6 Å². The third kappa shape index (κ3) is 5.35. The van der Waals surface area contributed by atoms with Crippen LogP contribution < -0.4 is 0 Å². The van der Waals surface area contributed by atoms with E-state index < -0.39 is 40.7 Å². The number of hydrogen-bond donors (Lipinski definition) is 1. The fourth-order valence-electron chi connectivity index (χ4n) is 8.52. The summed E-state index contributed by atoms with van der Waals surface area (Å²) in [7, 11) is 1.71. The Kier molecular flexibility index (Phi) is 8.82. The second-order valence-corrected chi connectivity index (χ2v) is 14.9. The van der Waals surface area contributed by atoms with Crippen molar-refractivity contribution in [3.63, 3.8) is 0 Å². The monoisotopic (exact) mass is 593 g/mol. The summed E-state index contributed by atoms with van der Waals surface area (Å²) in [5.74, 6) is -2.50. The molecule has 0 saturated carbocycles. The molecular formula is C35H51N3O5. The van der Waals surface area contributed by atoms with Gasteiger partial charge in [-0.3, -0.25) is 14.4 Å². The summed E-state index contributed by atoms with van der Waals surface area (Å²) in [5, 5.41) is 10.8. The number of hydrogen-bond acceptors (Lipinski definition) is 5. The molecule has 3 aliphatic heterocycles. The van der Waals surface area contributed by atoms with Crippen molar-refractivity contribution in [2.24, 2.45) is 23.2 Å². The van der Waals surface area contributed by atoms with Crippen LogP contribution in [0.5, 0.6) is 0 Å². The van der Waals surface area contributed by atoms with Crippen LogP contribution in [0.3, 0.4) is 0 Å². The molecule has 3 heterocycles. The van der Waals surface area contributed by atoms with Crippen LogP contribution in [-0.2, 0) is 19.1 Å². The highest BCUT2D eigenvalue weighted by Crippen LogP contribution is 2.66. The van der Waals surface area contributed by atoms with Crippen molar-refractivity contribution in [1.29, 1.82) is 0 Å². The molecule has 0 radical (unpaired) electrons. The number of fused-ring (bicyclic) bond motifs is 1. The minimum Gasteiger partial charge on any atom is -0.394 e. The van der Waals surface area contributed by atoms with Crippen LogP contribution in [0.4, 0.5) is 0 Å². The van der Waals surface area contributed by atoms with E-state index in [0.717, 1.165) is 5.56 Å². The first-order valence-electron chi connectivity index (χ1n) is 15.5. The summed E-state index contributed by atoms with van der Waals surface area (Å²) < 4.78 is 6.96. The summed E-state index contributed by atoms with van der Waals surface area (Å²) in [6.07, 6.45) is 4.54. The van der Waals surface area contributed by atoms with Crippen molar-refractivity contribution in [3.8, 4) is 0 Å². The standard InChI is InChI=1S/C35H51N3O5/c1-11-18-36(10)29(40)26-27-30(41)38(25(21-39)24-16-14-13-15-17-24)28(35(27)20-23(3)34(26,9)43-35)31(42)37(19-12-2)33(7,8)22-32(4,5)6/h11-17,23,25-28,39H,1-2,18-22H2,3-10H3/t23?,25-,26-,27+,28?,34+,35?/m1/s1. The Balaban J connectivity index is 1.93. The van der Waals surface area contributed by atoms with Crippen LogP contribution >= 0.6 is 0 Å². The van der Waals surface area contributed by atoms with Crippen LogP contribution in [0.1, 0.15) is 72.9 Å². The lowest BCUT2D eigenvalue weighted by atomic mass is 9.62. The van der Waals surface area contributed by atoms with E-state index >= 15 is 4.79 Å². The lowest BCUT2D eigenvalue weighted by Gasteiger charge is -2.46. The zero-order chi connectivity index (χ0) is 32.1. The number of amides is 3. The van der Waals surface area contributed by atoms with Crippen molar-refractivity contribution in [1.82, 2.24) is 14.7 Å². The second-order valence-electron chi connectivity index (χ2n) is 14.9. The van der Waals surface area contributed by atoms with Gasteiger partial charge in [0, 0.05) is 25.7 Å². The first kappa shape index (κ1) is 32.9. The molecular weight excluding hydrogens is 542 g/mol. The van der Waals surface area contributed by atoms with Gasteiger partial charge in [-0.1, -0.05) is 70.2 Å². The van der Waals surface area contributed by atoms with Crippen LogP contribution in [-0.4, -0.2) is 87.1 Å². The molecule has 1 N–H and O–H groups in total. The van der Waals surface area contributed by atoms with E-state index in [1.165, 1.54) is 0 Å². The van der Waals surface area contributed by atoms with Gasteiger partial charge in [0.2, 0.25) is 17.7 Å². The number of nitrogens with zero attached hydrogens (tertiary/aromatic N) is 3. The van der Waals surface area contributed by atoms with Gasteiger partial charge in [0.15, 0.2) is 0 Å². The molecule has 0 aliphatic carbocycles. The van der Waals surface area contributed by atoms with Crippen molar-refractivity contribution >= 4 is 17.7 Å². The molecule has 1 aromatic carbocycles. The zero-order valence-corrected chi connectivity index (χ0v) is 27.3. The minimum absolute atomic E-state index is 0.0789. The van der Waals surface area contributed by atoms with Gasteiger partial charge in [0.25, 0.3) is 0 Å². The van der Waals surface area contributed by atoms with Gasteiger partial charge in [0.05, 0.1) is 30.1 Å². The average Bonchev–Trinajstić information content (AvgIpc) is 3.43. The van der Waals surface area contributed by atoms with E-state index in [1.807, 2.05) is 62.9 Å². The topological polar surface area (TPSA) is 90.4 Å². The van der Waals surface area contributed by atoms with Gasteiger partial charge in [-0.15, -0.1) is 13.2 Å². The molecule has 3 aliphatic rings. The quantitative estimate of drug-likeness (QED) is 0.379. The molecule has 3 fully saturated rings. The number of rotatable bonds is 11. The molecule has 43 heavy (non-hydrogen) atoms. The van der Waals surface area contributed by atoms with Crippen molar-refractivity contribution in [2.45, 2.75) is 90.1 Å². The third-order valence-corrected chi connectivity index (χ3v) is 10.00. The minimum atomic E-state index is -1.23. The third-order valence-electron chi connectivity index (χ3n) is 10.00. The van der Waals surface area contributed by atoms with E-state index in [1.54, 1.807) is 29.0 Å². The van der Waals surface area contributed by atoms with Crippen molar-refractivity contribution < 1.29 is 24.2 Å². The molecule has 8 heteroatoms. The predicted octanol–water partition coefficient (Wildman–Crippen LogP) is 4.60. The lowest BCUT2D eigenvalue weighted by Crippen LogP contribution is -2.61. The first-order chi connectivity index (χ1) is 20.0. The molecule has 1 spiro atoms. The maximum Gasteiger partial charge on any atom is 0.249 e. The average molecular weight is 594 g/mol. The number of likely N-dealkylation sites (tertiary alicyclic amines) is 1. The molecule has 3 unspecified atom stereocenters. The van der Waals surface area contributed by atoms with Crippen LogP contribution in [0, 0.1) is 23.2 Å². The number of aliphatic hydroxyl groups is 1. The highest BCUT2D eigenvalue weighted by atomic mass is 16.5. The number of likely N-dealkylation sites (N-methyl/N-ethyl adjacent to an activating group) is 1. The molecule has 1 aromatic rings. The van der Waals surface area contributed by atoms with Crippen LogP contribution in [0.2, 0.25) is 0 Å². The number of carbonyl (C=O) groups excluding carboxylic acids is 3. The first-order valence-corrected chi connectivity index (χ1v) is 15.5. The number of ether oxygens (including phenoxy) is 1. The summed E-state index contributed by atoms with van der Waals surface area (Å²) in [6, 6.07) is 7.47. The Morgan fingerprint density at radius 3 is 2.26 bits per heavy atom. The fraction of sp³-hybridized carbons (Fsp3) is 0.629.